The first-order valence-corrected chi connectivity index (χ1v) is 11.2. The second kappa shape index (κ2) is 10.00. The number of rotatable bonds is 6. The van der Waals surface area contributed by atoms with E-state index in [0.29, 0.717) is 19.3 Å². The Bertz CT molecular complexity index is 533. The minimum Gasteiger partial charge on any atom is -0.394 e. The molecule has 4 fully saturated rings. The van der Waals surface area contributed by atoms with E-state index in [2.05, 4.69) is 20.4 Å². The molecule has 1 amide bonds. The van der Waals surface area contributed by atoms with Crippen LogP contribution in [0, 0.1) is 0 Å². The normalized spacial score (nSPS) is 39.7. The number of piperidine rings is 1. The molecule has 9 nitrogen and oxygen atoms in total. The molecule has 6 unspecified atom stereocenters. The van der Waals surface area contributed by atoms with Gasteiger partial charge in [0.25, 0.3) is 0 Å². The van der Waals surface area contributed by atoms with Crippen molar-refractivity contribution >= 4 is 5.91 Å². The summed E-state index contributed by atoms with van der Waals surface area (Å²) in [6, 6.07) is -0.224. The van der Waals surface area contributed by atoms with Crippen LogP contribution < -0.4 is 10.6 Å². The number of nitrogens with zero attached hydrogens (tertiary/aromatic N) is 2. The molecule has 4 aliphatic heterocycles. The number of carbonyl (C=O) groups excluding carboxylic acids is 1. The first kappa shape index (κ1) is 21.4. The van der Waals surface area contributed by atoms with Gasteiger partial charge in [0.2, 0.25) is 5.91 Å². The Kier molecular flexibility index (Phi) is 7.39. The Morgan fingerprint density at radius 3 is 2.52 bits per heavy atom. The number of nitrogens with one attached hydrogen (secondary N) is 2. The van der Waals surface area contributed by atoms with Crippen molar-refractivity contribution in [2.45, 2.75) is 68.7 Å². The largest absolute Gasteiger partial charge is 0.394 e. The molecule has 0 radical (unpaired) electrons. The fourth-order valence-corrected chi connectivity index (χ4v) is 5.19. The summed E-state index contributed by atoms with van der Waals surface area (Å²) in [5.41, 5.74) is 0. The van der Waals surface area contributed by atoms with Crippen molar-refractivity contribution in [2.75, 3.05) is 52.5 Å². The Hall–Kier alpha value is -0.810. The SMILES string of the molecule is O=C(NCC1OC(CO)C(O)C1N1CCN(C2CCCCN2)CC1)C1CCCO1. The van der Waals surface area contributed by atoms with Gasteiger partial charge in [-0.3, -0.25) is 14.6 Å². The topological polar surface area (TPSA) is 107 Å². The van der Waals surface area contributed by atoms with Crippen molar-refractivity contribution in [2.24, 2.45) is 0 Å². The summed E-state index contributed by atoms with van der Waals surface area (Å²) in [7, 11) is 0. The van der Waals surface area contributed by atoms with E-state index >= 15 is 0 Å². The zero-order valence-corrected chi connectivity index (χ0v) is 17.2. The van der Waals surface area contributed by atoms with Gasteiger partial charge < -0.3 is 30.3 Å². The third-order valence-electron chi connectivity index (χ3n) is 6.84. The lowest BCUT2D eigenvalue weighted by Gasteiger charge is -2.44. The van der Waals surface area contributed by atoms with E-state index < -0.39 is 12.2 Å². The van der Waals surface area contributed by atoms with E-state index in [4.69, 9.17) is 9.47 Å². The lowest BCUT2D eigenvalue weighted by Crippen LogP contribution is -2.61. The minimum atomic E-state index is -0.760. The van der Waals surface area contributed by atoms with Crippen molar-refractivity contribution in [3.05, 3.63) is 0 Å². The van der Waals surface area contributed by atoms with Gasteiger partial charge in [0.05, 0.1) is 24.9 Å². The van der Waals surface area contributed by atoms with Crippen molar-refractivity contribution in [1.29, 1.82) is 0 Å². The number of ether oxygens (including phenoxy) is 2. The summed E-state index contributed by atoms with van der Waals surface area (Å²) in [5, 5.41) is 26.9. The molecule has 6 atom stereocenters. The van der Waals surface area contributed by atoms with Crippen molar-refractivity contribution in [1.82, 2.24) is 20.4 Å². The second-order valence-electron chi connectivity index (χ2n) is 8.66. The number of aliphatic hydroxyl groups is 2. The van der Waals surface area contributed by atoms with Crippen LogP contribution in [0.4, 0.5) is 0 Å². The number of amides is 1. The van der Waals surface area contributed by atoms with Crippen LogP contribution in [0.3, 0.4) is 0 Å². The fraction of sp³-hybridized carbons (Fsp3) is 0.950. The fourth-order valence-electron chi connectivity index (χ4n) is 5.19. The molecule has 0 bridgehead atoms. The van der Waals surface area contributed by atoms with Crippen LogP contribution in [-0.2, 0) is 14.3 Å². The van der Waals surface area contributed by atoms with Gasteiger partial charge in [-0.2, -0.15) is 0 Å². The molecule has 166 valence electrons. The molecule has 4 rings (SSSR count). The summed E-state index contributed by atoms with van der Waals surface area (Å²) in [4.78, 5) is 17.1. The molecular weight excluding hydrogens is 376 g/mol. The Morgan fingerprint density at radius 2 is 1.86 bits per heavy atom. The van der Waals surface area contributed by atoms with Gasteiger partial charge in [0.15, 0.2) is 0 Å². The van der Waals surface area contributed by atoms with Gasteiger partial charge in [-0.1, -0.05) is 0 Å². The standard InChI is InChI=1S/C20H36N4O5/c25-13-16-19(26)18(15(29-16)12-22-20(27)14-4-3-11-28-14)24-9-7-23(8-10-24)17-5-1-2-6-21-17/h14-19,21,25-26H,1-13H2,(H,22,27). The van der Waals surface area contributed by atoms with Crippen LogP contribution in [0.15, 0.2) is 0 Å². The van der Waals surface area contributed by atoms with Gasteiger partial charge in [-0.15, -0.1) is 0 Å². The highest BCUT2D eigenvalue weighted by molar-refractivity contribution is 5.80. The maximum atomic E-state index is 12.3. The molecule has 29 heavy (non-hydrogen) atoms. The van der Waals surface area contributed by atoms with E-state index in [9.17, 15) is 15.0 Å². The van der Waals surface area contributed by atoms with Crippen LogP contribution in [-0.4, -0.2) is 115 Å². The highest BCUT2D eigenvalue weighted by Crippen LogP contribution is 2.27. The Morgan fingerprint density at radius 1 is 1.07 bits per heavy atom. The molecule has 4 N–H and O–H groups in total. The molecule has 0 saturated carbocycles. The molecule has 0 aromatic carbocycles. The van der Waals surface area contributed by atoms with Crippen LogP contribution in [0.2, 0.25) is 0 Å². The van der Waals surface area contributed by atoms with Crippen LogP contribution >= 0.6 is 0 Å². The van der Waals surface area contributed by atoms with Crippen molar-refractivity contribution in [3.8, 4) is 0 Å². The number of aliphatic hydroxyl groups excluding tert-OH is 2. The number of piperazine rings is 1. The molecule has 0 aromatic rings. The number of hydrogen-bond acceptors (Lipinski definition) is 8. The van der Waals surface area contributed by atoms with E-state index in [1.807, 2.05) is 0 Å². The predicted octanol–water partition coefficient (Wildman–Crippen LogP) is -1.51. The van der Waals surface area contributed by atoms with Gasteiger partial charge >= 0.3 is 0 Å². The molecule has 4 saturated heterocycles. The zero-order chi connectivity index (χ0) is 20.2. The number of hydrogen-bond donors (Lipinski definition) is 4. The molecule has 0 spiro atoms. The third-order valence-corrected chi connectivity index (χ3v) is 6.84. The zero-order valence-electron chi connectivity index (χ0n) is 17.2. The second-order valence-corrected chi connectivity index (χ2v) is 8.66. The van der Waals surface area contributed by atoms with Gasteiger partial charge in [0.1, 0.15) is 18.3 Å². The quantitative estimate of drug-likeness (QED) is 0.417. The molecule has 0 aromatic heterocycles. The average molecular weight is 413 g/mol. The van der Waals surface area contributed by atoms with E-state index in [-0.39, 0.29) is 30.8 Å². The average Bonchev–Trinajstić information content (AvgIpc) is 3.41. The van der Waals surface area contributed by atoms with Gasteiger partial charge in [-0.25, -0.2) is 0 Å². The maximum Gasteiger partial charge on any atom is 0.249 e. The maximum absolute atomic E-state index is 12.3. The summed E-state index contributed by atoms with van der Waals surface area (Å²) in [6.45, 7) is 5.40. The van der Waals surface area contributed by atoms with E-state index in [1.165, 1.54) is 19.3 Å². The van der Waals surface area contributed by atoms with Crippen LogP contribution in [0.1, 0.15) is 32.1 Å². The monoisotopic (exact) mass is 412 g/mol. The molecular formula is C20H36N4O5. The lowest BCUT2D eigenvalue weighted by molar-refractivity contribution is -0.130. The molecule has 4 heterocycles. The van der Waals surface area contributed by atoms with E-state index in [0.717, 1.165) is 45.6 Å². The first-order valence-electron chi connectivity index (χ1n) is 11.2. The Balaban J connectivity index is 1.32. The summed E-state index contributed by atoms with van der Waals surface area (Å²) < 4.78 is 11.4. The highest BCUT2D eigenvalue weighted by atomic mass is 16.5. The third kappa shape index (κ3) is 4.92. The molecule has 9 heteroatoms. The summed E-state index contributed by atoms with van der Waals surface area (Å²) >= 11 is 0. The first-order chi connectivity index (χ1) is 14.2. The highest BCUT2D eigenvalue weighted by Gasteiger charge is 2.47. The van der Waals surface area contributed by atoms with Crippen molar-refractivity contribution < 1.29 is 24.5 Å². The minimum absolute atomic E-state index is 0.111. The Labute approximate surface area is 172 Å². The van der Waals surface area contributed by atoms with Gasteiger partial charge in [-0.05, 0) is 38.6 Å². The predicted molar refractivity (Wildman–Crippen MR) is 106 cm³/mol. The van der Waals surface area contributed by atoms with Crippen molar-refractivity contribution in [3.63, 3.8) is 0 Å². The van der Waals surface area contributed by atoms with Gasteiger partial charge in [0, 0.05) is 39.3 Å². The summed E-state index contributed by atoms with van der Waals surface area (Å²) in [6.07, 6.45) is 3.76. The lowest BCUT2D eigenvalue weighted by atomic mass is 10.0. The molecule has 4 aliphatic rings. The molecule has 0 aliphatic carbocycles. The van der Waals surface area contributed by atoms with Crippen LogP contribution in [0.25, 0.3) is 0 Å². The van der Waals surface area contributed by atoms with Crippen LogP contribution in [0.5, 0.6) is 0 Å². The smallest absolute Gasteiger partial charge is 0.249 e. The summed E-state index contributed by atoms with van der Waals surface area (Å²) in [5.74, 6) is -0.111. The van der Waals surface area contributed by atoms with E-state index in [1.54, 1.807) is 0 Å². The number of carbonyl (C=O) groups is 1.